The van der Waals surface area contributed by atoms with Gasteiger partial charge in [-0.15, -0.1) is 11.8 Å². The molecule has 1 atom stereocenters. The molecule has 0 bridgehead atoms. The van der Waals surface area contributed by atoms with Crippen molar-refractivity contribution in [1.82, 2.24) is 15.5 Å². The number of nitrogens with zero attached hydrogens (tertiary/aromatic N) is 1. The van der Waals surface area contributed by atoms with E-state index in [1.165, 1.54) is 11.8 Å². The second-order valence-electron chi connectivity index (χ2n) is 6.22. The first-order valence-corrected chi connectivity index (χ1v) is 10.2. The van der Waals surface area contributed by atoms with Crippen molar-refractivity contribution in [2.24, 2.45) is 0 Å². The summed E-state index contributed by atoms with van der Waals surface area (Å²) >= 11 is 7.28. The van der Waals surface area contributed by atoms with Crippen molar-refractivity contribution < 1.29 is 14.0 Å². The van der Waals surface area contributed by atoms with E-state index in [-0.39, 0.29) is 17.6 Å². The van der Waals surface area contributed by atoms with Crippen LogP contribution in [0.2, 0.25) is 5.02 Å². The third kappa shape index (κ3) is 6.02. The molecular formula is C19H22ClN3O3S. The standard InChI is InChI=1S/C19H22ClN3O3S/c20-14-3-5-16(6-4-14)27-13-18(24)22-17(12-15-2-1-11-26-15)19(25)23-9-7-21-8-10-23/h1-6,11,17,21H,7-10,12-13H2,(H,22,24). The summed E-state index contributed by atoms with van der Waals surface area (Å²) < 4.78 is 5.37. The molecule has 0 saturated carbocycles. The Morgan fingerprint density at radius 3 is 2.63 bits per heavy atom. The Kier molecular flexibility index (Phi) is 7.20. The predicted molar refractivity (Wildman–Crippen MR) is 106 cm³/mol. The van der Waals surface area contributed by atoms with Crippen LogP contribution in [0.1, 0.15) is 5.76 Å². The van der Waals surface area contributed by atoms with Gasteiger partial charge in [0.2, 0.25) is 11.8 Å². The number of benzene rings is 1. The molecule has 1 aromatic carbocycles. The van der Waals surface area contributed by atoms with E-state index >= 15 is 0 Å². The summed E-state index contributed by atoms with van der Waals surface area (Å²) in [5.74, 6) is 0.646. The van der Waals surface area contributed by atoms with Crippen LogP contribution in [0.5, 0.6) is 0 Å². The first kappa shape index (κ1) is 19.8. The van der Waals surface area contributed by atoms with Gasteiger partial charge < -0.3 is 20.0 Å². The number of halogens is 1. The third-order valence-electron chi connectivity index (χ3n) is 4.23. The van der Waals surface area contributed by atoms with Gasteiger partial charge in [-0.05, 0) is 36.4 Å². The Bertz CT molecular complexity index is 746. The molecule has 27 heavy (non-hydrogen) atoms. The maximum Gasteiger partial charge on any atom is 0.245 e. The van der Waals surface area contributed by atoms with Gasteiger partial charge in [-0.1, -0.05) is 11.6 Å². The van der Waals surface area contributed by atoms with Crippen LogP contribution in [0.4, 0.5) is 0 Å². The van der Waals surface area contributed by atoms with Crippen molar-refractivity contribution in [1.29, 1.82) is 0 Å². The SMILES string of the molecule is O=C(CSc1ccc(Cl)cc1)NC(Cc1ccco1)C(=O)N1CCNCC1. The lowest BCUT2D eigenvalue weighted by Gasteiger charge is -2.31. The molecule has 144 valence electrons. The number of rotatable bonds is 7. The summed E-state index contributed by atoms with van der Waals surface area (Å²) in [7, 11) is 0. The maximum absolute atomic E-state index is 12.9. The Balaban J connectivity index is 1.59. The van der Waals surface area contributed by atoms with Crippen molar-refractivity contribution in [2.75, 3.05) is 31.9 Å². The van der Waals surface area contributed by atoms with Crippen molar-refractivity contribution in [3.63, 3.8) is 0 Å². The molecule has 0 aliphatic carbocycles. The molecule has 2 amide bonds. The summed E-state index contributed by atoms with van der Waals surface area (Å²) in [4.78, 5) is 28.1. The fraction of sp³-hybridized carbons (Fsp3) is 0.368. The maximum atomic E-state index is 12.9. The number of thioether (sulfide) groups is 1. The van der Waals surface area contributed by atoms with Gasteiger partial charge in [0.25, 0.3) is 0 Å². The molecule has 0 radical (unpaired) electrons. The highest BCUT2D eigenvalue weighted by molar-refractivity contribution is 8.00. The monoisotopic (exact) mass is 407 g/mol. The molecule has 6 nitrogen and oxygen atoms in total. The Hall–Kier alpha value is -1.96. The van der Waals surface area contributed by atoms with Gasteiger partial charge in [0.1, 0.15) is 11.8 Å². The molecule has 8 heteroatoms. The number of furan rings is 1. The van der Waals surface area contributed by atoms with Crippen LogP contribution in [-0.2, 0) is 16.0 Å². The molecule has 1 unspecified atom stereocenters. The molecule has 0 spiro atoms. The Labute approximate surface area is 167 Å². The lowest BCUT2D eigenvalue weighted by Crippen LogP contribution is -2.55. The lowest BCUT2D eigenvalue weighted by atomic mass is 10.1. The topological polar surface area (TPSA) is 74.6 Å². The van der Waals surface area contributed by atoms with Crippen LogP contribution in [0, 0.1) is 0 Å². The number of carbonyl (C=O) groups is 2. The molecule has 2 heterocycles. The quantitative estimate of drug-likeness (QED) is 0.688. The number of piperazine rings is 1. The van der Waals surface area contributed by atoms with Crippen LogP contribution in [0.15, 0.2) is 52.0 Å². The van der Waals surface area contributed by atoms with Gasteiger partial charge in [0.15, 0.2) is 0 Å². The molecule has 1 aliphatic rings. The number of hydrogen-bond donors (Lipinski definition) is 2. The highest BCUT2D eigenvalue weighted by atomic mass is 35.5. The highest BCUT2D eigenvalue weighted by Gasteiger charge is 2.27. The van der Waals surface area contributed by atoms with E-state index in [1.807, 2.05) is 18.2 Å². The zero-order chi connectivity index (χ0) is 19.1. The number of nitrogens with one attached hydrogen (secondary N) is 2. The second kappa shape index (κ2) is 9.82. The predicted octanol–water partition coefficient (Wildman–Crippen LogP) is 2.18. The van der Waals surface area contributed by atoms with E-state index in [9.17, 15) is 9.59 Å². The van der Waals surface area contributed by atoms with Crippen molar-refractivity contribution >= 4 is 35.2 Å². The van der Waals surface area contributed by atoms with Crippen LogP contribution >= 0.6 is 23.4 Å². The zero-order valence-corrected chi connectivity index (χ0v) is 16.4. The van der Waals surface area contributed by atoms with Crippen LogP contribution < -0.4 is 10.6 Å². The summed E-state index contributed by atoms with van der Waals surface area (Å²) in [6, 6.07) is 10.3. The molecule has 1 aliphatic heterocycles. The largest absolute Gasteiger partial charge is 0.469 e. The zero-order valence-electron chi connectivity index (χ0n) is 14.8. The van der Waals surface area contributed by atoms with Gasteiger partial charge >= 0.3 is 0 Å². The van der Waals surface area contributed by atoms with Gasteiger partial charge in [0, 0.05) is 42.5 Å². The Morgan fingerprint density at radius 1 is 1.22 bits per heavy atom. The summed E-state index contributed by atoms with van der Waals surface area (Å²) in [5, 5.41) is 6.76. The normalized spacial score (nSPS) is 15.4. The van der Waals surface area contributed by atoms with Crippen molar-refractivity contribution in [3.05, 3.63) is 53.4 Å². The second-order valence-corrected chi connectivity index (χ2v) is 7.71. The minimum atomic E-state index is -0.632. The number of hydrogen-bond acceptors (Lipinski definition) is 5. The van der Waals surface area contributed by atoms with Gasteiger partial charge in [-0.2, -0.15) is 0 Å². The molecule has 1 fully saturated rings. The van der Waals surface area contributed by atoms with Crippen molar-refractivity contribution in [2.45, 2.75) is 17.4 Å². The van der Waals surface area contributed by atoms with E-state index in [0.29, 0.717) is 30.3 Å². The van der Waals surface area contributed by atoms with Crippen LogP contribution in [-0.4, -0.2) is 54.7 Å². The molecule has 1 aromatic heterocycles. The van der Waals surface area contributed by atoms with Gasteiger partial charge in [-0.25, -0.2) is 0 Å². The third-order valence-corrected chi connectivity index (χ3v) is 5.49. The van der Waals surface area contributed by atoms with E-state index in [4.69, 9.17) is 16.0 Å². The summed E-state index contributed by atoms with van der Waals surface area (Å²) in [6.07, 6.45) is 1.91. The van der Waals surface area contributed by atoms with Gasteiger partial charge in [-0.3, -0.25) is 9.59 Å². The Morgan fingerprint density at radius 2 is 1.96 bits per heavy atom. The number of carbonyl (C=O) groups excluding carboxylic acids is 2. The van der Waals surface area contributed by atoms with E-state index in [2.05, 4.69) is 10.6 Å². The smallest absolute Gasteiger partial charge is 0.245 e. The molecule has 1 saturated heterocycles. The molecule has 2 N–H and O–H groups in total. The minimum Gasteiger partial charge on any atom is -0.469 e. The van der Waals surface area contributed by atoms with Crippen LogP contribution in [0.3, 0.4) is 0 Å². The average molecular weight is 408 g/mol. The van der Waals surface area contributed by atoms with Gasteiger partial charge in [0.05, 0.1) is 12.0 Å². The van der Waals surface area contributed by atoms with Crippen molar-refractivity contribution in [3.8, 4) is 0 Å². The van der Waals surface area contributed by atoms with E-state index < -0.39 is 6.04 Å². The first-order valence-electron chi connectivity index (χ1n) is 8.81. The number of amides is 2. The lowest BCUT2D eigenvalue weighted by molar-refractivity contribution is -0.136. The molecule has 2 aromatic rings. The fourth-order valence-corrected chi connectivity index (χ4v) is 3.69. The summed E-state index contributed by atoms with van der Waals surface area (Å²) in [5.41, 5.74) is 0. The first-order chi connectivity index (χ1) is 13.1. The fourth-order valence-electron chi connectivity index (χ4n) is 2.85. The molecule has 3 rings (SSSR count). The van der Waals surface area contributed by atoms with Crippen LogP contribution in [0.25, 0.3) is 0 Å². The highest BCUT2D eigenvalue weighted by Crippen LogP contribution is 2.20. The van der Waals surface area contributed by atoms with E-state index in [1.54, 1.807) is 29.4 Å². The minimum absolute atomic E-state index is 0.0715. The molecular weight excluding hydrogens is 386 g/mol. The summed E-state index contributed by atoms with van der Waals surface area (Å²) in [6.45, 7) is 2.81. The average Bonchev–Trinajstić information content (AvgIpc) is 3.20. The van der Waals surface area contributed by atoms with E-state index in [0.717, 1.165) is 18.0 Å².